The molecule has 0 aromatic rings. The van der Waals surface area contributed by atoms with E-state index in [0.717, 1.165) is 31.6 Å². The monoisotopic (exact) mass is 271 g/mol. The van der Waals surface area contributed by atoms with E-state index in [0.29, 0.717) is 19.4 Å². The van der Waals surface area contributed by atoms with E-state index in [1.807, 2.05) is 0 Å². The summed E-state index contributed by atoms with van der Waals surface area (Å²) in [5.74, 6) is 0.132. The summed E-state index contributed by atoms with van der Waals surface area (Å²) in [4.78, 5) is 21.8. The number of hydrogen-bond donors (Lipinski definition) is 2. The van der Waals surface area contributed by atoms with Crippen LogP contribution in [0.5, 0.6) is 0 Å². The van der Waals surface area contributed by atoms with E-state index in [4.69, 9.17) is 5.11 Å². The molecule has 4 heteroatoms. The highest BCUT2D eigenvalue weighted by atomic mass is 16.4. The van der Waals surface area contributed by atoms with Gasteiger partial charge in [-0.15, -0.1) is 0 Å². The zero-order valence-corrected chi connectivity index (χ0v) is 12.4. The van der Waals surface area contributed by atoms with Gasteiger partial charge in [0.1, 0.15) is 0 Å². The summed E-state index contributed by atoms with van der Waals surface area (Å²) >= 11 is 0. The first-order chi connectivity index (χ1) is 9.02. The molecule has 1 amide bonds. The molecule has 2 N–H and O–H groups in total. The first-order valence-corrected chi connectivity index (χ1v) is 7.51. The van der Waals surface area contributed by atoms with Gasteiger partial charge in [0.15, 0.2) is 0 Å². The molecule has 0 rings (SSSR count). The van der Waals surface area contributed by atoms with Gasteiger partial charge in [0, 0.05) is 19.4 Å². The fourth-order valence-corrected chi connectivity index (χ4v) is 1.91. The van der Waals surface area contributed by atoms with Crippen molar-refractivity contribution < 1.29 is 14.7 Å². The molecule has 0 unspecified atom stereocenters. The van der Waals surface area contributed by atoms with Crippen LogP contribution < -0.4 is 5.32 Å². The Balaban J connectivity index is 3.23. The number of hydrogen-bond acceptors (Lipinski definition) is 2. The van der Waals surface area contributed by atoms with Crippen molar-refractivity contribution in [3.63, 3.8) is 0 Å². The minimum absolute atomic E-state index is 0.128. The van der Waals surface area contributed by atoms with Crippen LogP contribution in [0.15, 0.2) is 0 Å². The van der Waals surface area contributed by atoms with Crippen LogP contribution in [0.4, 0.5) is 0 Å². The third-order valence-electron chi connectivity index (χ3n) is 3.07. The van der Waals surface area contributed by atoms with Crippen LogP contribution in [0.25, 0.3) is 0 Å². The average molecular weight is 271 g/mol. The van der Waals surface area contributed by atoms with Crippen molar-refractivity contribution in [2.75, 3.05) is 6.54 Å². The molecule has 4 nitrogen and oxygen atoms in total. The summed E-state index contributed by atoms with van der Waals surface area (Å²) in [5.41, 5.74) is 0. The van der Waals surface area contributed by atoms with E-state index in [1.54, 1.807) is 0 Å². The van der Waals surface area contributed by atoms with Crippen LogP contribution in [0.3, 0.4) is 0 Å². The van der Waals surface area contributed by atoms with Gasteiger partial charge in [-0.2, -0.15) is 0 Å². The molecule has 0 aliphatic rings. The van der Waals surface area contributed by atoms with Crippen LogP contribution in [0, 0.1) is 5.92 Å². The molecular formula is C15H29NO3. The lowest BCUT2D eigenvalue weighted by Crippen LogP contribution is -2.24. The lowest BCUT2D eigenvalue weighted by atomic mass is 10.0. The molecule has 19 heavy (non-hydrogen) atoms. The number of nitrogens with one attached hydrogen (secondary N) is 1. The molecule has 0 saturated carbocycles. The van der Waals surface area contributed by atoms with E-state index in [1.165, 1.54) is 12.8 Å². The van der Waals surface area contributed by atoms with E-state index >= 15 is 0 Å². The van der Waals surface area contributed by atoms with Gasteiger partial charge >= 0.3 is 5.97 Å². The van der Waals surface area contributed by atoms with Crippen molar-refractivity contribution in [2.45, 2.75) is 71.6 Å². The van der Waals surface area contributed by atoms with Crippen LogP contribution in [0.2, 0.25) is 0 Å². The minimum Gasteiger partial charge on any atom is -0.481 e. The standard InChI is InChI=1S/C15H29NO3/c1-13(2)9-5-3-6-10-14(17)16-12-8-4-7-11-15(18)19/h13H,3-12H2,1-2H3,(H,16,17)(H,18,19). The summed E-state index contributed by atoms with van der Waals surface area (Å²) in [6.07, 6.45) is 7.82. The smallest absolute Gasteiger partial charge is 0.303 e. The molecule has 0 aliphatic carbocycles. The van der Waals surface area contributed by atoms with Gasteiger partial charge in [-0.1, -0.05) is 39.5 Å². The van der Waals surface area contributed by atoms with Crippen LogP contribution in [-0.4, -0.2) is 23.5 Å². The maximum atomic E-state index is 11.5. The second-order valence-electron chi connectivity index (χ2n) is 5.55. The molecule has 0 radical (unpaired) electrons. The first kappa shape index (κ1) is 17.9. The van der Waals surface area contributed by atoms with Gasteiger partial charge in [0.05, 0.1) is 0 Å². The van der Waals surface area contributed by atoms with Crippen LogP contribution in [0.1, 0.15) is 71.6 Å². The fourth-order valence-electron chi connectivity index (χ4n) is 1.91. The molecule has 112 valence electrons. The molecule has 0 bridgehead atoms. The number of carbonyl (C=O) groups is 2. The Bertz CT molecular complexity index is 252. The van der Waals surface area contributed by atoms with Crippen LogP contribution in [-0.2, 0) is 9.59 Å². The number of unbranched alkanes of at least 4 members (excludes halogenated alkanes) is 4. The number of carboxylic acid groups (broad SMARTS) is 1. The Morgan fingerprint density at radius 1 is 0.947 bits per heavy atom. The molecule has 0 aromatic heterocycles. The van der Waals surface area contributed by atoms with Crippen molar-refractivity contribution in [3.05, 3.63) is 0 Å². The maximum Gasteiger partial charge on any atom is 0.303 e. The molecule has 0 saturated heterocycles. The van der Waals surface area contributed by atoms with Crippen molar-refractivity contribution >= 4 is 11.9 Å². The molecule has 0 aromatic carbocycles. The molecule has 0 aliphatic heterocycles. The van der Waals surface area contributed by atoms with E-state index in [2.05, 4.69) is 19.2 Å². The minimum atomic E-state index is -0.745. The van der Waals surface area contributed by atoms with Crippen molar-refractivity contribution in [3.8, 4) is 0 Å². The van der Waals surface area contributed by atoms with Gasteiger partial charge in [-0.05, 0) is 25.2 Å². The zero-order valence-electron chi connectivity index (χ0n) is 12.4. The quantitative estimate of drug-likeness (QED) is 0.535. The number of carbonyl (C=O) groups excluding carboxylic acids is 1. The van der Waals surface area contributed by atoms with Gasteiger partial charge < -0.3 is 10.4 Å². The highest BCUT2D eigenvalue weighted by Crippen LogP contribution is 2.09. The van der Waals surface area contributed by atoms with E-state index in [-0.39, 0.29) is 12.3 Å². The third-order valence-corrected chi connectivity index (χ3v) is 3.07. The highest BCUT2D eigenvalue weighted by Gasteiger charge is 2.01. The van der Waals surface area contributed by atoms with Crippen molar-refractivity contribution in [2.24, 2.45) is 5.92 Å². The fraction of sp³-hybridized carbons (Fsp3) is 0.867. The normalized spacial score (nSPS) is 10.7. The summed E-state index contributed by atoms with van der Waals surface area (Å²) in [7, 11) is 0. The van der Waals surface area contributed by atoms with Gasteiger partial charge in [-0.3, -0.25) is 9.59 Å². The van der Waals surface area contributed by atoms with E-state index in [9.17, 15) is 9.59 Å². The summed E-state index contributed by atoms with van der Waals surface area (Å²) in [6, 6.07) is 0. The Kier molecular flexibility index (Phi) is 11.3. The van der Waals surface area contributed by atoms with Gasteiger partial charge in [0.25, 0.3) is 0 Å². The predicted molar refractivity (Wildman–Crippen MR) is 77.0 cm³/mol. The Morgan fingerprint density at radius 2 is 1.58 bits per heavy atom. The number of rotatable bonds is 12. The molecule has 0 atom stereocenters. The Labute approximate surface area is 117 Å². The highest BCUT2D eigenvalue weighted by molar-refractivity contribution is 5.75. The maximum absolute atomic E-state index is 11.5. The molecule has 0 fully saturated rings. The van der Waals surface area contributed by atoms with Crippen LogP contribution >= 0.6 is 0 Å². The molecule has 0 spiro atoms. The largest absolute Gasteiger partial charge is 0.481 e. The molecular weight excluding hydrogens is 242 g/mol. The van der Waals surface area contributed by atoms with Gasteiger partial charge in [-0.25, -0.2) is 0 Å². The second-order valence-corrected chi connectivity index (χ2v) is 5.55. The SMILES string of the molecule is CC(C)CCCCCC(=O)NCCCCCC(=O)O. The Morgan fingerprint density at radius 3 is 2.21 bits per heavy atom. The summed E-state index contributed by atoms with van der Waals surface area (Å²) in [5, 5.41) is 11.3. The number of carboxylic acids is 1. The lowest BCUT2D eigenvalue weighted by molar-refractivity contribution is -0.137. The summed E-state index contributed by atoms with van der Waals surface area (Å²) in [6.45, 7) is 5.11. The number of amides is 1. The Hall–Kier alpha value is -1.06. The first-order valence-electron chi connectivity index (χ1n) is 7.51. The summed E-state index contributed by atoms with van der Waals surface area (Å²) < 4.78 is 0. The van der Waals surface area contributed by atoms with Crippen molar-refractivity contribution in [1.82, 2.24) is 5.32 Å². The average Bonchev–Trinajstić information content (AvgIpc) is 2.32. The topological polar surface area (TPSA) is 66.4 Å². The van der Waals surface area contributed by atoms with E-state index < -0.39 is 5.97 Å². The number of aliphatic carboxylic acids is 1. The van der Waals surface area contributed by atoms with Crippen molar-refractivity contribution in [1.29, 1.82) is 0 Å². The molecule has 0 heterocycles. The predicted octanol–water partition coefficient (Wildman–Crippen LogP) is 3.35. The zero-order chi connectivity index (χ0) is 14.5. The third kappa shape index (κ3) is 14.9. The van der Waals surface area contributed by atoms with Gasteiger partial charge in [0.2, 0.25) is 5.91 Å². The second kappa shape index (κ2) is 12.0. The lowest BCUT2D eigenvalue weighted by Gasteiger charge is -2.06.